The lowest BCUT2D eigenvalue weighted by molar-refractivity contribution is 0.111. The third kappa shape index (κ3) is 1.95. The first-order valence-electron chi connectivity index (χ1n) is 4.58. The Morgan fingerprint density at radius 2 is 2.62 bits per heavy atom. The summed E-state index contributed by atoms with van der Waals surface area (Å²) >= 11 is 0. The van der Waals surface area contributed by atoms with E-state index in [1.54, 1.807) is 0 Å². The number of hydrogen-bond acceptors (Lipinski definition) is 3. The highest BCUT2D eigenvalue weighted by atomic mass is 16.1. The monoisotopic (exact) mass is 179 g/mol. The fourth-order valence-electron chi connectivity index (χ4n) is 1.74. The summed E-state index contributed by atoms with van der Waals surface area (Å²) in [6.07, 6.45) is 2.98. The van der Waals surface area contributed by atoms with Crippen LogP contribution in [0.4, 0.5) is 0 Å². The number of aromatic nitrogens is 2. The molecule has 4 heteroatoms. The molecule has 1 aromatic heterocycles. The average Bonchev–Trinajstić information content (AvgIpc) is 2.76. The van der Waals surface area contributed by atoms with Crippen molar-refractivity contribution in [3.63, 3.8) is 0 Å². The van der Waals surface area contributed by atoms with Crippen molar-refractivity contribution in [1.29, 1.82) is 0 Å². The second-order valence-electron chi connectivity index (χ2n) is 3.50. The largest absolute Gasteiger partial charge is 0.316 e. The number of carbonyl (C=O) groups is 1. The minimum absolute atomic E-state index is 0.501. The van der Waals surface area contributed by atoms with Crippen molar-refractivity contribution < 1.29 is 4.79 Å². The fourth-order valence-corrected chi connectivity index (χ4v) is 1.74. The van der Waals surface area contributed by atoms with Gasteiger partial charge in [-0.3, -0.25) is 9.89 Å². The van der Waals surface area contributed by atoms with Crippen LogP contribution in [-0.4, -0.2) is 29.6 Å². The molecule has 0 bridgehead atoms. The molecule has 0 amide bonds. The van der Waals surface area contributed by atoms with Gasteiger partial charge < -0.3 is 5.32 Å². The van der Waals surface area contributed by atoms with Crippen molar-refractivity contribution in [2.45, 2.75) is 12.8 Å². The van der Waals surface area contributed by atoms with E-state index in [0.717, 1.165) is 31.5 Å². The van der Waals surface area contributed by atoms with Crippen molar-refractivity contribution in [3.05, 3.63) is 17.5 Å². The summed E-state index contributed by atoms with van der Waals surface area (Å²) in [4.78, 5) is 10.4. The molecule has 0 aliphatic carbocycles. The smallest absolute Gasteiger partial charge is 0.170 e. The van der Waals surface area contributed by atoms with Crippen LogP contribution in [0.1, 0.15) is 22.6 Å². The van der Waals surface area contributed by atoms with Crippen LogP contribution in [0.3, 0.4) is 0 Å². The highest BCUT2D eigenvalue weighted by Crippen LogP contribution is 2.13. The van der Waals surface area contributed by atoms with Gasteiger partial charge in [0.05, 0.1) is 0 Å². The number of hydrogen-bond donors (Lipinski definition) is 2. The molecule has 1 aliphatic rings. The van der Waals surface area contributed by atoms with Crippen LogP contribution >= 0.6 is 0 Å². The first-order chi connectivity index (χ1) is 6.38. The van der Waals surface area contributed by atoms with Crippen LogP contribution in [0.2, 0.25) is 0 Å². The summed E-state index contributed by atoms with van der Waals surface area (Å²) in [5.74, 6) is 0.694. The van der Waals surface area contributed by atoms with Crippen molar-refractivity contribution in [1.82, 2.24) is 15.5 Å². The lowest BCUT2D eigenvalue weighted by Crippen LogP contribution is -2.10. The number of H-pyrrole nitrogens is 1. The summed E-state index contributed by atoms with van der Waals surface area (Å²) in [6.45, 7) is 2.19. The van der Waals surface area contributed by atoms with Crippen LogP contribution in [0.25, 0.3) is 0 Å². The molecule has 0 aromatic carbocycles. The van der Waals surface area contributed by atoms with E-state index in [4.69, 9.17) is 0 Å². The Morgan fingerprint density at radius 3 is 3.23 bits per heavy atom. The van der Waals surface area contributed by atoms with Gasteiger partial charge in [0.2, 0.25) is 0 Å². The summed E-state index contributed by atoms with van der Waals surface area (Å²) in [5.41, 5.74) is 1.57. The van der Waals surface area contributed by atoms with E-state index in [1.165, 1.54) is 6.42 Å². The molecule has 0 spiro atoms. The predicted octanol–water partition coefficient (Wildman–Crippen LogP) is 0.374. The standard InChI is InChI=1S/C9H13N3O/c13-6-9-4-8(11-12-9)3-7-1-2-10-5-7/h4,6-7,10H,1-3,5H2,(H,11,12). The average molecular weight is 179 g/mol. The van der Waals surface area contributed by atoms with Crippen LogP contribution in [-0.2, 0) is 6.42 Å². The van der Waals surface area contributed by atoms with Crippen LogP contribution in [0.15, 0.2) is 6.07 Å². The van der Waals surface area contributed by atoms with Crippen molar-refractivity contribution in [2.24, 2.45) is 5.92 Å². The molecule has 1 fully saturated rings. The SMILES string of the molecule is O=Cc1cc(CC2CCNC2)[nH]n1. The summed E-state index contributed by atoms with van der Waals surface area (Å²) in [7, 11) is 0. The molecular formula is C9H13N3O. The third-order valence-corrected chi connectivity index (χ3v) is 2.44. The molecule has 0 saturated carbocycles. The van der Waals surface area contributed by atoms with Gasteiger partial charge >= 0.3 is 0 Å². The Kier molecular flexibility index (Phi) is 2.40. The zero-order valence-electron chi connectivity index (χ0n) is 7.42. The molecule has 70 valence electrons. The lowest BCUT2D eigenvalue weighted by atomic mass is 10.0. The van der Waals surface area contributed by atoms with Gasteiger partial charge in [0.15, 0.2) is 6.29 Å². The van der Waals surface area contributed by atoms with Gasteiger partial charge in [-0.15, -0.1) is 0 Å². The van der Waals surface area contributed by atoms with Gasteiger partial charge in [0.1, 0.15) is 5.69 Å². The summed E-state index contributed by atoms with van der Waals surface area (Å²) in [6, 6.07) is 1.82. The minimum Gasteiger partial charge on any atom is -0.316 e. The summed E-state index contributed by atoms with van der Waals surface area (Å²) in [5, 5.41) is 10.0. The van der Waals surface area contributed by atoms with E-state index in [9.17, 15) is 4.79 Å². The molecule has 0 radical (unpaired) electrons. The molecule has 1 saturated heterocycles. The Balaban J connectivity index is 1.96. The Bertz CT molecular complexity index is 289. The molecule has 1 unspecified atom stereocenters. The Hall–Kier alpha value is -1.16. The van der Waals surface area contributed by atoms with E-state index >= 15 is 0 Å². The topological polar surface area (TPSA) is 57.8 Å². The first-order valence-corrected chi connectivity index (χ1v) is 4.58. The molecule has 2 N–H and O–H groups in total. The molecule has 4 nitrogen and oxygen atoms in total. The first kappa shape index (κ1) is 8.44. The molecule has 1 aromatic rings. The fraction of sp³-hybridized carbons (Fsp3) is 0.556. The summed E-state index contributed by atoms with van der Waals surface area (Å²) < 4.78 is 0. The third-order valence-electron chi connectivity index (χ3n) is 2.44. The zero-order chi connectivity index (χ0) is 9.10. The number of carbonyl (C=O) groups excluding carboxylic acids is 1. The number of aldehydes is 1. The van der Waals surface area contributed by atoms with Gasteiger partial charge in [-0.1, -0.05) is 0 Å². The van der Waals surface area contributed by atoms with Crippen LogP contribution in [0, 0.1) is 5.92 Å². The highest BCUT2D eigenvalue weighted by Gasteiger charge is 2.15. The van der Waals surface area contributed by atoms with Gasteiger partial charge in [-0.25, -0.2) is 0 Å². The Morgan fingerprint density at radius 1 is 1.69 bits per heavy atom. The van der Waals surface area contributed by atoms with E-state index in [-0.39, 0.29) is 0 Å². The van der Waals surface area contributed by atoms with Crippen LogP contribution in [0.5, 0.6) is 0 Å². The van der Waals surface area contributed by atoms with E-state index in [0.29, 0.717) is 11.6 Å². The van der Waals surface area contributed by atoms with Crippen molar-refractivity contribution in [2.75, 3.05) is 13.1 Å². The molecule has 2 heterocycles. The Labute approximate surface area is 76.7 Å². The molecule has 1 aliphatic heterocycles. The maximum Gasteiger partial charge on any atom is 0.170 e. The number of rotatable bonds is 3. The zero-order valence-corrected chi connectivity index (χ0v) is 7.42. The number of aromatic amines is 1. The molecule has 1 atom stereocenters. The second kappa shape index (κ2) is 3.70. The number of nitrogens with zero attached hydrogens (tertiary/aromatic N) is 1. The van der Waals surface area contributed by atoms with Crippen molar-refractivity contribution in [3.8, 4) is 0 Å². The van der Waals surface area contributed by atoms with Crippen molar-refractivity contribution >= 4 is 6.29 Å². The molecular weight excluding hydrogens is 166 g/mol. The molecule has 13 heavy (non-hydrogen) atoms. The normalized spacial score (nSPS) is 22.0. The van der Waals surface area contributed by atoms with E-state index < -0.39 is 0 Å². The van der Waals surface area contributed by atoms with Gasteiger partial charge in [0.25, 0.3) is 0 Å². The van der Waals surface area contributed by atoms with Crippen LogP contribution < -0.4 is 5.32 Å². The maximum atomic E-state index is 10.4. The quantitative estimate of drug-likeness (QED) is 0.659. The highest BCUT2D eigenvalue weighted by molar-refractivity contribution is 5.71. The second-order valence-corrected chi connectivity index (χ2v) is 3.50. The lowest BCUT2D eigenvalue weighted by Gasteiger charge is -2.04. The molecule has 2 rings (SSSR count). The van der Waals surface area contributed by atoms with Gasteiger partial charge in [0, 0.05) is 5.69 Å². The predicted molar refractivity (Wildman–Crippen MR) is 48.7 cm³/mol. The number of nitrogens with one attached hydrogen (secondary N) is 2. The minimum atomic E-state index is 0.501. The van der Waals surface area contributed by atoms with Gasteiger partial charge in [-0.2, -0.15) is 5.10 Å². The van der Waals surface area contributed by atoms with E-state index in [1.807, 2.05) is 6.07 Å². The van der Waals surface area contributed by atoms with E-state index in [2.05, 4.69) is 15.5 Å². The van der Waals surface area contributed by atoms with Gasteiger partial charge in [-0.05, 0) is 37.9 Å². The maximum absolute atomic E-state index is 10.4.